The number of hydrogen-bond donors (Lipinski definition) is 1. The summed E-state index contributed by atoms with van der Waals surface area (Å²) in [4.78, 5) is 38.6. The minimum Gasteiger partial charge on any atom is -0.457 e. The number of rotatable bonds is 6. The van der Waals surface area contributed by atoms with Crippen molar-refractivity contribution in [1.29, 1.82) is 0 Å². The molecular weight excluding hydrogens is 507 g/mol. The maximum Gasteiger partial charge on any atom is 0.306 e. The molecule has 39 heavy (non-hydrogen) atoms. The molecule has 0 aromatic rings. The van der Waals surface area contributed by atoms with Crippen LogP contribution in [0.2, 0.25) is 0 Å². The first-order chi connectivity index (χ1) is 18.3. The van der Waals surface area contributed by atoms with Crippen LogP contribution in [0.3, 0.4) is 0 Å². The van der Waals surface area contributed by atoms with E-state index in [1.165, 1.54) is 0 Å². The quantitative estimate of drug-likeness (QED) is 0.392. The molecule has 0 radical (unpaired) electrons. The lowest BCUT2D eigenvalue weighted by Crippen LogP contribution is -2.70. The standard InChI is InChI=1S/C30H41FO8/c1-6-24(34)36-17-23(33)30(39-25(35)7-2)18(3)14-21-20-9-8-19-15-28(37-12-13-38-28)11-10-26(19,4)29(20,31)22(32)16-27(21,30)5/h10-11,15,18,20-22,32H,6-9,12-14,16-17H2,1-5H3/t18-,20-,21-,22-,26-,27-,29-,30-/m0/s1. The topological polar surface area (TPSA) is 108 Å². The smallest absolute Gasteiger partial charge is 0.306 e. The van der Waals surface area contributed by atoms with Gasteiger partial charge in [-0.2, -0.15) is 0 Å². The lowest BCUT2D eigenvalue weighted by Gasteiger charge is -2.63. The summed E-state index contributed by atoms with van der Waals surface area (Å²) in [7, 11) is 0. The molecule has 9 heteroatoms. The van der Waals surface area contributed by atoms with Crippen molar-refractivity contribution in [2.75, 3.05) is 19.8 Å². The van der Waals surface area contributed by atoms with Gasteiger partial charge in [0.05, 0.1) is 19.3 Å². The molecular formula is C30H41FO8. The number of Topliss-reactive ketones (excluding diaryl/α,β-unsaturated/α-hetero) is 1. The zero-order chi connectivity index (χ0) is 28.4. The van der Waals surface area contributed by atoms with Gasteiger partial charge in [-0.15, -0.1) is 0 Å². The Morgan fingerprint density at radius 2 is 1.74 bits per heavy atom. The summed E-state index contributed by atoms with van der Waals surface area (Å²) in [6, 6.07) is 0. The highest BCUT2D eigenvalue weighted by Gasteiger charge is 2.77. The third-order valence-corrected chi connectivity index (χ3v) is 10.7. The molecule has 5 rings (SSSR count). The normalized spacial score (nSPS) is 43.7. The van der Waals surface area contributed by atoms with Crippen LogP contribution < -0.4 is 0 Å². The van der Waals surface area contributed by atoms with Crippen LogP contribution >= 0.6 is 0 Å². The molecule has 1 spiro atoms. The molecule has 0 aromatic carbocycles. The Labute approximate surface area is 229 Å². The molecule has 4 fully saturated rings. The Bertz CT molecular complexity index is 1110. The second-order valence-electron chi connectivity index (χ2n) is 12.4. The number of fused-ring (bicyclic) bond motifs is 5. The molecule has 8 nitrogen and oxygen atoms in total. The molecule has 4 aliphatic carbocycles. The first-order valence-corrected chi connectivity index (χ1v) is 14.3. The predicted molar refractivity (Wildman–Crippen MR) is 138 cm³/mol. The van der Waals surface area contributed by atoms with E-state index in [9.17, 15) is 19.5 Å². The van der Waals surface area contributed by atoms with Gasteiger partial charge in [-0.3, -0.25) is 14.4 Å². The average molecular weight is 549 g/mol. The van der Waals surface area contributed by atoms with Gasteiger partial charge in [0.25, 0.3) is 0 Å². The minimum absolute atomic E-state index is 0.0547. The van der Waals surface area contributed by atoms with Crippen molar-refractivity contribution in [3.63, 3.8) is 0 Å². The third kappa shape index (κ3) is 3.75. The number of ketones is 1. The number of aliphatic hydroxyl groups is 1. The largest absolute Gasteiger partial charge is 0.457 e. The summed E-state index contributed by atoms with van der Waals surface area (Å²) in [6.45, 7) is 9.16. The second kappa shape index (κ2) is 9.48. The van der Waals surface area contributed by atoms with E-state index in [1.807, 2.05) is 26.8 Å². The number of halogens is 1. The Balaban J connectivity index is 1.55. The molecule has 8 atom stereocenters. The maximum atomic E-state index is 17.7. The van der Waals surface area contributed by atoms with E-state index < -0.39 is 70.2 Å². The number of aliphatic hydroxyl groups excluding tert-OH is 1. The average Bonchev–Trinajstić information content (AvgIpc) is 3.45. The maximum absolute atomic E-state index is 17.7. The highest BCUT2D eigenvalue weighted by molar-refractivity contribution is 5.93. The van der Waals surface area contributed by atoms with Gasteiger partial charge in [0.15, 0.2) is 17.9 Å². The monoisotopic (exact) mass is 548 g/mol. The van der Waals surface area contributed by atoms with Crippen LogP contribution in [-0.4, -0.2) is 65.8 Å². The second-order valence-corrected chi connectivity index (χ2v) is 12.4. The molecule has 0 amide bonds. The third-order valence-electron chi connectivity index (χ3n) is 10.7. The lowest BCUT2D eigenvalue weighted by atomic mass is 9.44. The summed E-state index contributed by atoms with van der Waals surface area (Å²) in [5.41, 5.74) is -4.96. The molecule has 0 aromatic heterocycles. The number of allylic oxidation sites excluding steroid dienone is 2. The molecule has 216 valence electrons. The van der Waals surface area contributed by atoms with Crippen molar-refractivity contribution in [2.24, 2.45) is 28.6 Å². The zero-order valence-electron chi connectivity index (χ0n) is 23.6. The van der Waals surface area contributed by atoms with E-state index >= 15 is 4.39 Å². The van der Waals surface area contributed by atoms with E-state index in [1.54, 1.807) is 26.0 Å². The van der Waals surface area contributed by atoms with Crippen LogP contribution in [0.5, 0.6) is 0 Å². The Hall–Kier alpha value is -2.10. The zero-order valence-corrected chi connectivity index (χ0v) is 23.6. The van der Waals surface area contributed by atoms with Crippen LogP contribution in [0.25, 0.3) is 0 Å². The van der Waals surface area contributed by atoms with E-state index in [2.05, 4.69) is 0 Å². The van der Waals surface area contributed by atoms with Crippen molar-refractivity contribution in [1.82, 2.24) is 0 Å². The Kier molecular flexibility index (Phi) is 6.91. The lowest BCUT2D eigenvalue weighted by molar-refractivity contribution is -0.229. The SMILES string of the molecule is CCC(=O)OCC(=O)[C@@]1(OC(=O)CC)[C@@H](C)C[C@H]2[C@@H]3CCC4=CC5(C=C[C@]4(C)[C@@]3(F)[C@@H](O)C[C@@]21C)OCCO5. The van der Waals surface area contributed by atoms with Gasteiger partial charge in [0, 0.05) is 35.5 Å². The number of ether oxygens (including phenoxy) is 4. The van der Waals surface area contributed by atoms with Crippen molar-refractivity contribution >= 4 is 17.7 Å². The van der Waals surface area contributed by atoms with Gasteiger partial charge in [0.1, 0.15) is 0 Å². The van der Waals surface area contributed by atoms with Crippen molar-refractivity contribution in [3.05, 3.63) is 23.8 Å². The van der Waals surface area contributed by atoms with Gasteiger partial charge >= 0.3 is 11.9 Å². The molecule has 1 aliphatic heterocycles. The van der Waals surface area contributed by atoms with Crippen molar-refractivity contribution in [3.8, 4) is 0 Å². The highest BCUT2D eigenvalue weighted by Crippen LogP contribution is 2.71. The van der Waals surface area contributed by atoms with Crippen molar-refractivity contribution in [2.45, 2.75) is 96.3 Å². The summed E-state index contributed by atoms with van der Waals surface area (Å²) in [5, 5.41) is 11.7. The molecule has 3 saturated carbocycles. The van der Waals surface area contributed by atoms with Crippen LogP contribution in [0.1, 0.15) is 73.1 Å². The molecule has 0 bridgehead atoms. The van der Waals surface area contributed by atoms with Gasteiger partial charge in [0.2, 0.25) is 11.6 Å². The van der Waals surface area contributed by atoms with Gasteiger partial charge in [-0.05, 0) is 50.7 Å². The van der Waals surface area contributed by atoms with Gasteiger partial charge in [-0.1, -0.05) is 39.3 Å². The number of esters is 2. The van der Waals surface area contributed by atoms with E-state index in [4.69, 9.17) is 18.9 Å². The predicted octanol–water partition coefficient (Wildman–Crippen LogP) is 3.99. The molecule has 0 unspecified atom stereocenters. The molecule has 1 saturated heterocycles. The Morgan fingerprint density at radius 1 is 1.08 bits per heavy atom. The van der Waals surface area contributed by atoms with E-state index in [-0.39, 0.29) is 25.2 Å². The number of carbonyl (C=O) groups is 3. The number of hydrogen-bond acceptors (Lipinski definition) is 8. The van der Waals surface area contributed by atoms with Crippen LogP contribution in [0.15, 0.2) is 23.8 Å². The summed E-state index contributed by atoms with van der Waals surface area (Å²) >= 11 is 0. The fraction of sp³-hybridized carbons (Fsp3) is 0.767. The van der Waals surface area contributed by atoms with Crippen LogP contribution in [0.4, 0.5) is 4.39 Å². The molecule has 1 heterocycles. The highest BCUT2D eigenvalue weighted by atomic mass is 19.1. The fourth-order valence-electron chi connectivity index (χ4n) is 8.73. The summed E-state index contributed by atoms with van der Waals surface area (Å²) in [5.74, 6) is -3.98. The van der Waals surface area contributed by atoms with E-state index in [0.717, 1.165) is 5.57 Å². The van der Waals surface area contributed by atoms with Crippen LogP contribution in [0, 0.1) is 28.6 Å². The van der Waals surface area contributed by atoms with Crippen LogP contribution in [-0.2, 0) is 33.3 Å². The molecule has 1 N–H and O–H groups in total. The van der Waals surface area contributed by atoms with E-state index in [0.29, 0.717) is 32.5 Å². The first kappa shape index (κ1) is 28.4. The van der Waals surface area contributed by atoms with Gasteiger partial charge in [-0.25, -0.2) is 4.39 Å². The summed E-state index contributed by atoms with van der Waals surface area (Å²) in [6.07, 6.45) is 5.56. The summed E-state index contributed by atoms with van der Waals surface area (Å²) < 4.78 is 40.6. The van der Waals surface area contributed by atoms with Crippen molar-refractivity contribution < 1.29 is 42.8 Å². The minimum atomic E-state index is -2.01. The Morgan fingerprint density at radius 3 is 2.38 bits per heavy atom. The number of carbonyl (C=O) groups excluding carboxylic acids is 3. The van der Waals surface area contributed by atoms with Gasteiger partial charge < -0.3 is 24.1 Å². The number of alkyl halides is 1. The first-order valence-electron chi connectivity index (χ1n) is 14.3. The fourth-order valence-corrected chi connectivity index (χ4v) is 8.73. The molecule has 5 aliphatic rings.